The van der Waals surface area contributed by atoms with E-state index in [1.165, 1.54) is 19.1 Å². The zero-order chi connectivity index (χ0) is 15.1. The Kier molecular flexibility index (Phi) is 6.01. The first-order chi connectivity index (χ1) is 9.43. The first-order valence-corrected chi connectivity index (χ1v) is 6.36. The summed E-state index contributed by atoms with van der Waals surface area (Å²) in [6, 6.07) is 4.55. The van der Waals surface area contributed by atoms with Gasteiger partial charge in [-0.15, -0.1) is 6.42 Å². The second-order valence-corrected chi connectivity index (χ2v) is 4.63. The Hall–Kier alpha value is -2.06. The van der Waals surface area contributed by atoms with Crippen molar-refractivity contribution < 1.29 is 13.9 Å². The maximum Gasteiger partial charge on any atom is 0.261 e. The highest BCUT2D eigenvalue weighted by Crippen LogP contribution is 2.20. The number of hydrogen-bond donors (Lipinski definition) is 2. The molecule has 2 unspecified atom stereocenters. The van der Waals surface area contributed by atoms with Crippen LogP contribution in [0.4, 0.5) is 4.39 Å². The van der Waals surface area contributed by atoms with Crippen LogP contribution in [0.2, 0.25) is 0 Å². The van der Waals surface area contributed by atoms with E-state index in [0.717, 1.165) is 5.56 Å². The molecule has 1 aromatic carbocycles. The average molecular weight is 278 g/mol. The summed E-state index contributed by atoms with van der Waals surface area (Å²) >= 11 is 0. The molecule has 0 aliphatic carbocycles. The fraction of sp³-hybridized carbons (Fsp3) is 0.400. The summed E-state index contributed by atoms with van der Waals surface area (Å²) in [6.45, 7) is 3.49. The standard InChI is InChI=1S/C15H19FN2O2/c1-4-7-18-15(19)11(3)20-14-6-5-12(8-10(2)17)9-13(14)16/h1,5-6,9-11H,7-8,17H2,2-3H3,(H,18,19). The van der Waals surface area contributed by atoms with Gasteiger partial charge in [0.05, 0.1) is 6.54 Å². The van der Waals surface area contributed by atoms with Crippen molar-refractivity contribution in [2.24, 2.45) is 5.73 Å². The van der Waals surface area contributed by atoms with E-state index in [9.17, 15) is 9.18 Å². The second kappa shape index (κ2) is 7.51. The van der Waals surface area contributed by atoms with Crippen molar-refractivity contribution >= 4 is 5.91 Å². The lowest BCUT2D eigenvalue weighted by Crippen LogP contribution is -2.36. The summed E-state index contributed by atoms with van der Waals surface area (Å²) in [6.07, 6.45) is 4.79. The minimum absolute atomic E-state index is 0.0294. The Labute approximate surface area is 118 Å². The molecule has 2 atom stereocenters. The summed E-state index contributed by atoms with van der Waals surface area (Å²) < 4.78 is 19.1. The van der Waals surface area contributed by atoms with Crippen molar-refractivity contribution in [1.82, 2.24) is 5.32 Å². The maximum atomic E-state index is 13.8. The number of halogens is 1. The van der Waals surface area contributed by atoms with Crippen molar-refractivity contribution in [2.75, 3.05) is 6.54 Å². The number of rotatable bonds is 6. The number of hydrogen-bond acceptors (Lipinski definition) is 3. The third-order valence-corrected chi connectivity index (χ3v) is 2.59. The first kappa shape index (κ1) is 16.0. The van der Waals surface area contributed by atoms with Gasteiger partial charge in [-0.05, 0) is 38.0 Å². The van der Waals surface area contributed by atoms with E-state index in [2.05, 4.69) is 11.2 Å². The highest BCUT2D eigenvalue weighted by molar-refractivity contribution is 5.80. The van der Waals surface area contributed by atoms with Crippen LogP contribution in [-0.2, 0) is 11.2 Å². The Morgan fingerprint density at radius 3 is 2.80 bits per heavy atom. The zero-order valence-corrected chi connectivity index (χ0v) is 11.7. The van der Waals surface area contributed by atoms with Crippen LogP contribution < -0.4 is 15.8 Å². The van der Waals surface area contributed by atoms with Gasteiger partial charge < -0.3 is 15.8 Å². The smallest absolute Gasteiger partial charge is 0.261 e. The van der Waals surface area contributed by atoms with Crippen LogP contribution in [0.5, 0.6) is 5.75 Å². The molecule has 0 saturated carbocycles. The number of nitrogens with two attached hydrogens (primary N) is 1. The van der Waals surface area contributed by atoms with E-state index < -0.39 is 11.9 Å². The van der Waals surface area contributed by atoms with Gasteiger partial charge in [-0.25, -0.2) is 4.39 Å². The summed E-state index contributed by atoms with van der Waals surface area (Å²) in [5.41, 5.74) is 6.44. The highest BCUT2D eigenvalue weighted by Gasteiger charge is 2.16. The predicted octanol–water partition coefficient (Wildman–Crippen LogP) is 1.23. The lowest BCUT2D eigenvalue weighted by molar-refractivity contribution is -0.127. The van der Waals surface area contributed by atoms with Crippen LogP contribution in [0.15, 0.2) is 18.2 Å². The van der Waals surface area contributed by atoms with E-state index in [1.807, 2.05) is 6.92 Å². The van der Waals surface area contributed by atoms with Gasteiger partial charge in [-0.2, -0.15) is 0 Å². The van der Waals surface area contributed by atoms with E-state index in [0.29, 0.717) is 6.42 Å². The molecule has 0 saturated heterocycles. The number of benzene rings is 1. The molecule has 0 spiro atoms. The molecule has 0 fully saturated rings. The fourth-order valence-corrected chi connectivity index (χ4v) is 1.66. The Morgan fingerprint density at radius 2 is 2.25 bits per heavy atom. The lowest BCUT2D eigenvalue weighted by atomic mass is 10.1. The number of ether oxygens (including phenoxy) is 1. The number of terminal acetylenes is 1. The van der Waals surface area contributed by atoms with Gasteiger partial charge in [0.2, 0.25) is 0 Å². The highest BCUT2D eigenvalue weighted by atomic mass is 19.1. The van der Waals surface area contributed by atoms with Crippen molar-refractivity contribution in [1.29, 1.82) is 0 Å². The summed E-state index contributed by atoms with van der Waals surface area (Å²) in [4.78, 5) is 11.6. The third-order valence-electron chi connectivity index (χ3n) is 2.59. The molecule has 1 aromatic rings. The van der Waals surface area contributed by atoms with Crippen LogP contribution in [0.3, 0.4) is 0 Å². The molecule has 0 heterocycles. The fourth-order valence-electron chi connectivity index (χ4n) is 1.66. The molecule has 0 aliphatic rings. The zero-order valence-electron chi connectivity index (χ0n) is 11.7. The lowest BCUT2D eigenvalue weighted by Gasteiger charge is -2.15. The largest absolute Gasteiger partial charge is 0.478 e. The molecule has 3 N–H and O–H groups in total. The maximum absolute atomic E-state index is 13.8. The molecule has 0 aliphatic heterocycles. The van der Waals surface area contributed by atoms with E-state index in [4.69, 9.17) is 16.9 Å². The average Bonchev–Trinajstić information content (AvgIpc) is 2.38. The van der Waals surface area contributed by atoms with E-state index in [1.54, 1.807) is 6.07 Å². The van der Waals surface area contributed by atoms with Crippen LogP contribution in [0, 0.1) is 18.2 Å². The molecule has 0 bridgehead atoms. The molecule has 1 amide bonds. The minimum atomic E-state index is -0.822. The van der Waals surface area contributed by atoms with Crippen LogP contribution >= 0.6 is 0 Å². The number of amides is 1. The van der Waals surface area contributed by atoms with Gasteiger partial charge in [-0.3, -0.25) is 4.79 Å². The molecule has 108 valence electrons. The van der Waals surface area contributed by atoms with E-state index in [-0.39, 0.29) is 24.2 Å². The first-order valence-electron chi connectivity index (χ1n) is 6.36. The number of carbonyl (C=O) groups excluding carboxylic acids is 1. The van der Waals surface area contributed by atoms with Gasteiger partial charge in [0.25, 0.3) is 5.91 Å². The van der Waals surface area contributed by atoms with Gasteiger partial charge in [0.15, 0.2) is 17.7 Å². The summed E-state index contributed by atoms with van der Waals surface area (Å²) in [5, 5.41) is 2.47. The number of nitrogens with one attached hydrogen (secondary N) is 1. The molecule has 0 radical (unpaired) electrons. The van der Waals surface area contributed by atoms with Crippen molar-refractivity contribution in [3.63, 3.8) is 0 Å². The normalized spacial score (nSPS) is 13.2. The molecular formula is C15H19FN2O2. The van der Waals surface area contributed by atoms with Crippen molar-refractivity contribution in [3.8, 4) is 18.1 Å². The summed E-state index contributed by atoms with van der Waals surface area (Å²) in [7, 11) is 0. The molecule has 4 nitrogen and oxygen atoms in total. The van der Waals surface area contributed by atoms with Crippen LogP contribution in [0.25, 0.3) is 0 Å². The number of carbonyl (C=O) groups is 1. The Morgan fingerprint density at radius 1 is 1.55 bits per heavy atom. The molecule has 20 heavy (non-hydrogen) atoms. The molecule has 1 rings (SSSR count). The third kappa shape index (κ3) is 4.90. The monoisotopic (exact) mass is 278 g/mol. The Balaban J connectivity index is 2.68. The minimum Gasteiger partial charge on any atom is -0.478 e. The van der Waals surface area contributed by atoms with Crippen molar-refractivity contribution in [3.05, 3.63) is 29.6 Å². The molecule has 5 heteroatoms. The molecule has 0 aromatic heterocycles. The van der Waals surface area contributed by atoms with E-state index >= 15 is 0 Å². The van der Waals surface area contributed by atoms with Gasteiger partial charge in [-0.1, -0.05) is 12.0 Å². The quantitative estimate of drug-likeness (QED) is 0.769. The topological polar surface area (TPSA) is 64.3 Å². The SMILES string of the molecule is C#CCNC(=O)C(C)Oc1ccc(CC(C)N)cc1F. The van der Waals surface area contributed by atoms with Gasteiger partial charge in [0, 0.05) is 6.04 Å². The Bertz CT molecular complexity index is 509. The van der Waals surface area contributed by atoms with Gasteiger partial charge >= 0.3 is 0 Å². The van der Waals surface area contributed by atoms with Crippen LogP contribution in [-0.4, -0.2) is 24.6 Å². The predicted molar refractivity (Wildman–Crippen MR) is 75.7 cm³/mol. The van der Waals surface area contributed by atoms with Gasteiger partial charge in [0.1, 0.15) is 0 Å². The second-order valence-electron chi connectivity index (χ2n) is 4.63. The molecular weight excluding hydrogens is 259 g/mol. The summed E-state index contributed by atoms with van der Waals surface area (Å²) in [5.74, 6) is 1.41. The van der Waals surface area contributed by atoms with Crippen LogP contribution in [0.1, 0.15) is 19.4 Å². The van der Waals surface area contributed by atoms with Crippen molar-refractivity contribution in [2.45, 2.75) is 32.4 Å².